The molecule has 2 N–H and O–H groups in total. The summed E-state index contributed by atoms with van der Waals surface area (Å²) in [6, 6.07) is 10.4. The van der Waals surface area contributed by atoms with E-state index in [-0.39, 0.29) is 23.8 Å². The lowest BCUT2D eigenvalue weighted by atomic mass is 10.1. The van der Waals surface area contributed by atoms with Gasteiger partial charge in [0.05, 0.1) is 18.9 Å². The first-order valence-electron chi connectivity index (χ1n) is 6.69. The van der Waals surface area contributed by atoms with Gasteiger partial charge in [-0.2, -0.15) is 0 Å². The van der Waals surface area contributed by atoms with Gasteiger partial charge < -0.3 is 19.5 Å². The maximum atomic E-state index is 12.1. The number of benzene rings is 1. The number of carbonyl (C=O) groups excluding carboxylic acids is 1. The molecule has 0 aliphatic heterocycles. The van der Waals surface area contributed by atoms with Crippen LogP contribution in [0.2, 0.25) is 0 Å². The topological polar surface area (TPSA) is 84.3 Å². The molecule has 2 aromatic heterocycles. The van der Waals surface area contributed by atoms with Crippen molar-refractivity contribution in [2.75, 3.05) is 7.11 Å². The highest BCUT2D eigenvalue weighted by Crippen LogP contribution is 2.18. The summed E-state index contributed by atoms with van der Waals surface area (Å²) in [5.41, 5.74) is 0.906. The van der Waals surface area contributed by atoms with E-state index in [1.165, 1.54) is 6.26 Å². The predicted octanol–water partition coefficient (Wildman–Crippen LogP) is 2.06. The highest BCUT2D eigenvalue weighted by Gasteiger charge is 2.10. The van der Waals surface area contributed by atoms with Crippen LogP contribution in [0.4, 0.5) is 0 Å². The standard InChI is InChI=1S/C16H14N2O4/c1-21-12-5-4-10-7-11(15(19)18-13(10)8-12)9-17-16(20)14-3-2-6-22-14/h2-8H,9H2,1H3,(H,17,20)(H,18,19). The summed E-state index contributed by atoms with van der Waals surface area (Å²) in [5, 5.41) is 3.52. The molecule has 0 bridgehead atoms. The third-order valence-corrected chi connectivity index (χ3v) is 3.31. The molecule has 0 saturated heterocycles. The van der Waals surface area contributed by atoms with Crippen molar-refractivity contribution in [3.8, 4) is 5.75 Å². The molecular formula is C16H14N2O4. The van der Waals surface area contributed by atoms with Crippen molar-refractivity contribution < 1.29 is 13.9 Å². The van der Waals surface area contributed by atoms with Gasteiger partial charge in [0.2, 0.25) is 0 Å². The fraction of sp³-hybridized carbons (Fsp3) is 0.125. The number of hydrogen-bond donors (Lipinski definition) is 2. The minimum Gasteiger partial charge on any atom is -0.497 e. The van der Waals surface area contributed by atoms with E-state index in [0.29, 0.717) is 16.8 Å². The van der Waals surface area contributed by atoms with E-state index >= 15 is 0 Å². The first kappa shape index (κ1) is 13.9. The van der Waals surface area contributed by atoms with Gasteiger partial charge >= 0.3 is 0 Å². The summed E-state index contributed by atoms with van der Waals surface area (Å²) in [6.45, 7) is 0.122. The first-order valence-corrected chi connectivity index (χ1v) is 6.69. The fourth-order valence-electron chi connectivity index (χ4n) is 2.15. The molecule has 0 atom stereocenters. The Kier molecular flexibility index (Phi) is 3.65. The van der Waals surface area contributed by atoms with Gasteiger partial charge in [0, 0.05) is 18.2 Å². The molecule has 1 aromatic carbocycles. The Labute approximate surface area is 125 Å². The van der Waals surface area contributed by atoms with E-state index in [9.17, 15) is 9.59 Å². The molecule has 0 spiro atoms. The zero-order valence-electron chi connectivity index (χ0n) is 11.9. The smallest absolute Gasteiger partial charge is 0.287 e. The molecule has 0 unspecified atom stereocenters. The van der Waals surface area contributed by atoms with Crippen LogP contribution in [-0.2, 0) is 6.54 Å². The molecule has 0 radical (unpaired) electrons. The number of nitrogens with one attached hydrogen (secondary N) is 2. The number of hydrogen-bond acceptors (Lipinski definition) is 4. The second-order valence-electron chi connectivity index (χ2n) is 4.74. The number of aromatic nitrogens is 1. The predicted molar refractivity (Wildman–Crippen MR) is 81.0 cm³/mol. The van der Waals surface area contributed by atoms with Gasteiger partial charge in [-0.1, -0.05) is 0 Å². The number of methoxy groups -OCH3 is 1. The maximum absolute atomic E-state index is 12.1. The highest BCUT2D eigenvalue weighted by molar-refractivity contribution is 5.91. The number of furan rings is 1. The molecule has 3 aromatic rings. The van der Waals surface area contributed by atoms with Gasteiger partial charge in [-0.3, -0.25) is 9.59 Å². The van der Waals surface area contributed by atoms with Crippen LogP contribution >= 0.6 is 0 Å². The summed E-state index contributed by atoms with van der Waals surface area (Å²) in [5.74, 6) is 0.517. The van der Waals surface area contributed by atoms with Crippen LogP contribution in [-0.4, -0.2) is 18.0 Å². The Morgan fingerprint density at radius 1 is 1.32 bits per heavy atom. The quantitative estimate of drug-likeness (QED) is 0.772. The third-order valence-electron chi connectivity index (χ3n) is 3.31. The van der Waals surface area contributed by atoms with Crippen molar-refractivity contribution in [2.24, 2.45) is 0 Å². The Balaban J connectivity index is 1.83. The van der Waals surface area contributed by atoms with Gasteiger partial charge in [-0.15, -0.1) is 0 Å². The molecule has 112 valence electrons. The van der Waals surface area contributed by atoms with Gasteiger partial charge in [0.25, 0.3) is 11.5 Å². The van der Waals surface area contributed by atoms with Gasteiger partial charge in [0.15, 0.2) is 5.76 Å². The average Bonchev–Trinajstić information content (AvgIpc) is 3.06. The Hall–Kier alpha value is -3.02. The number of fused-ring (bicyclic) bond motifs is 1. The van der Waals surface area contributed by atoms with Gasteiger partial charge in [-0.25, -0.2) is 0 Å². The van der Waals surface area contributed by atoms with Crippen LogP contribution < -0.4 is 15.6 Å². The summed E-state index contributed by atoms with van der Waals surface area (Å²) in [6.07, 6.45) is 1.42. The van der Waals surface area contributed by atoms with E-state index in [2.05, 4.69) is 10.3 Å². The fourth-order valence-corrected chi connectivity index (χ4v) is 2.15. The number of pyridine rings is 1. The van der Waals surface area contributed by atoms with E-state index in [1.54, 1.807) is 31.4 Å². The van der Waals surface area contributed by atoms with Gasteiger partial charge in [-0.05, 0) is 35.7 Å². The maximum Gasteiger partial charge on any atom is 0.287 e. The number of rotatable bonds is 4. The molecule has 0 aliphatic carbocycles. The molecule has 3 rings (SSSR count). The molecule has 2 heterocycles. The number of carbonyl (C=O) groups is 1. The van der Waals surface area contributed by atoms with Crippen molar-refractivity contribution in [3.63, 3.8) is 0 Å². The van der Waals surface area contributed by atoms with Crippen LogP contribution in [0.3, 0.4) is 0 Å². The zero-order chi connectivity index (χ0) is 15.5. The monoisotopic (exact) mass is 298 g/mol. The average molecular weight is 298 g/mol. The molecule has 1 amide bonds. The summed E-state index contributed by atoms with van der Waals surface area (Å²) in [7, 11) is 1.57. The molecular weight excluding hydrogens is 284 g/mol. The van der Waals surface area contributed by atoms with Crippen LogP contribution in [0.1, 0.15) is 16.1 Å². The van der Waals surface area contributed by atoms with E-state index in [1.807, 2.05) is 12.1 Å². The van der Waals surface area contributed by atoms with Crippen LogP contribution in [0.25, 0.3) is 10.9 Å². The number of ether oxygens (including phenoxy) is 1. The molecule has 0 aliphatic rings. The largest absolute Gasteiger partial charge is 0.497 e. The third kappa shape index (κ3) is 2.71. The van der Waals surface area contributed by atoms with E-state index < -0.39 is 0 Å². The van der Waals surface area contributed by atoms with E-state index in [4.69, 9.17) is 9.15 Å². The van der Waals surface area contributed by atoms with Crippen molar-refractivity contribution in [3.05, 3.63) is 64.3 Å². The van der Waals surface area contributed by atoms with Crippen LogP contribution in [0.5, 0.6) is 5.75 Å². The SMILES string of the molecule is COc1ccc2cc(CNC(=O)c3ccco3)c(=O)[nH]c2c1. The molecule has 6 heteroatoms. The minimum absolute atomic E-state index is 0.122. The summed E-state index contributed by atoms with van der Waals surface area (Å²) < 4.78 is 10.1. The minimum atomic E-state index is -0.362. The van der Waals surface area contributed by atoms with Crippen molar-refractivity contribution in [1.82, 2.24) is 10.3 Å². The second kappa shape index (κ2) is 5.77. The van der Waals surface area contributed by atoms with Crippen LogP contribution in [0.15, 0.2) is 51.9 Å². The lowest BCUT2D eigenvalue weighted by molar-refractivity contribution is 0.0923. The first-order chi connectivity index (χ1) is 10.7. The lowest BCUT2D eigenvalue weighted by Crippen LogP contribution is -2.26. The normalized spacial score (nSPS) is 10.6. The van der Waals surface area contributed by atoms with E-state index in [0.717, 1.165) is 5.39 Å². The van der Waals surface area contributed by atoms with Crippen molar-refractivity contribution in [2.45, 2.75) is 6.54 Å². The number of H-pyrrole nitrogens is 1. The van der Waals surface area contributed by atoms with Crippen molar-refractivity contribution >= 4 is 16.8 Å². The Morgan fingerprint density at radius 2 is 2.18 bits per heavy atom. The highest BCUT2D eigenvalue weighted by atomic mass is 16.5. The van der Waals surface area contributed by atoms with Gasteiger partial charge in [0.1, 0.15) is 5.75 Å². The molecule has 22 heavy (non-hydrogen) atoms. The molecule has 0 fully saturated rings. The zero-order valence-corrected chi connectivity index (χ0v) is 11.9. The molecule has 0 saturated carbocycles. The Morgan fingerprint density at radius 3 is 2.91 bits per heavy atom. The summed E-state index contributed by atoms with van der Waals surface area (Å²) in [4.78, 5) is 26.6. The Bertz CT molecular complexity index is 865. The number of aromatic amines is 1. The second-order valence-corrected chi connectivity index (χ2v) is 4.74. The summed E-state index contributed by atoms with van der Waals surface area (Å²) >= 11 is 0. The van der Waals surface area contributed by atoms with Crippen molar-refractivity contribution in [1.29, 1.82) is 0 Å². The lowest BCUT2D eigenvalue weighted by Gasteiger charge is -2.06. The number of amides is 1. The van der Waals surface area contributed by atoms with Crippen LogP contribution in [0, 0.1) is 0 Å². The molecule has 6 nitrogen and oxygen atoms in total.